The third-order valence-corrected chi connectivity index (χ3v) is 8.78. The van der Waals surface area contributed by atoms with Crippen molar-refractivity contribution in [2.24, 2.45) is 5.41 Å². The van der Waals surface area contributed by atoms with E-state index in [2.05, 4.69) is 48.2 Å². The summed E-state index contributed by atoms with van der Waals surface area (Å²) >= 11 is 3.35. The number of hydrogen-bond donors (Lipinski definition) is 1. The van der Waals surface area contributed by atoms with Crippen LogP contribution in [0, 0.1) is 19.3 Å². The maximum absolute atomic E-state index is 13.9. The predicted molar refractivity (Wildman–Crippen MR) is 157 cm³/mol. The number of halogens is 2. The minimum Gasteiger partial charge on any atom is -0.325 e. The molecule has 1 saturated heterocycles. The van der Waals surface area contributed by atoms with Crippen LogP contribution in [0.4, 0.5) is 10.2 Å². The number of carbonyl (C=O) groups is 3. The van der Waals surface area contributed by atoms with Gasteiger partial charge >= 0.3 is 0 Å². The number of ketones is 1. The van der Waals surface area contributed by atoms with Crippen LogP contribution in [0.3, 0.4) is 0 Å². The first-order valence-corrected chi connectivity index (χ1v) is 14.4. The fourth-order valence-corrected chi connectivity index (χ4v) is 6.35. The van der Waals surface area contributed by atoms with Crippen LogP contribution in [0.15, 0.2) is 41.3 Å². The molecule has 1 unspecified atom stereocenters. The Kier molecular flexibility index (Phi) is 6.91. The Labute approximate surface area is 249 Å². The molecular weight excluding hydrogens is 605 g/mol. The van der Waals surface area contributed by atoms with Crippen LogP contribution in [-0.4, -0.2) is 59.3 Å². The zero-order valence-corrected chi connectivity index (χ0v) is 25.2. The number of anilines is 1. The summed E-state index contributed by atoms with van der Waals surface area (Å²) in [5.74, 6) is -0.207. The molecule has 1 N–H and O–H groups in total. The van der Waals surface area contributed by atoms with E-state index in [1.54, 1.807) is 28.0 Å². The standard InChI is InChI=1S/C30H29BrFN7O3/c1-15-5-6-23(31)35-28(15)36-29(42)21-9-30(4)10-22(30)39(21)25(41)14-38-27-16(2)7-18(8-20(27)26(37-38)17(3)40)19-12-33-24(11-32)34-13-19/h5-8,12-13,21-22H,9-11,14H2,1-4H3,(H,35,36,42)/t21?,22-,30+/m1/s1. The smallest absolute Gasteiger partial charge is 0.248 e. The van der Waals surface area contributed by atoms with Gasteiger partial charge in [-0.25, -0.2) is 19.3 Å². The summed E-state index contributed by atoms with van der Waals surface area (Å²) < 4.78 is 15.1. The molecule has 1 aromatic carbocycles. The van der Waals surface area contributed by atoms with Crippen LogP contribution >= 0.6 is 15.9 Å². The second-order valence-corrected chi connectivity index (χ2v) is 12.3. The molecule has 4 heterocycles. The zero-order valence-electron chi connectivity index (χ0n) is 23.6. The van der Waals surface area contributed by atoms with E-state index in [0.29, 0.717) is 33.3 Å². The third kappa shape index (κ3) is 4.87. The van der Waals surface area contributed by atoms with Crippen molar-refractivity contribution < 1.29 is 18.8 Å². The summed E-state index contributed by atoms with van der Waals surface area (Å²) in [4.78, 5) is 54.1. The number of rotatable bonds is 7. The van der Waals surface area contributed by atoms with Gasteiger partial charge in [0, 0.05) is 36.3 Å². The summed E-state index contributed by atoms with van der Waals surface area (Å²) in [5.41, 5.74) is 3.83. The van der Waals surface area contributed by atoms with E-state index in [1.165, 1.54) is 6.92 Å². The monoisotopic (exact) mass is 633 g/mol. The number of alkyl halides is 1. The minimum absolute atomic E-state index is 0.0357. The van der Waals surface area contributed by atoms with Gasteiger partial charge in [-0.15, -0.1) is 0 Å². The number of hydrogen-bond acceptors (Lipinski definition) is 7. The molecule has 12 heteroatoms. The molecule has 2 aliphatic rings. The Bertz CT molecular complexity index is 1770. The number of pyridine rings is 1. The normalized spacial score (nSPS) is 21.0. The number of likely N-dealkylation sites (tertiary alicyclic amines) is 1. The molecule has 3 atom stereocenters. The van der Waals surface area contributed by atoms with Crippen molar-refractivity contribution in [1.29, 1.82) is 0 Å². The number of aryl methyl sites for hydroxylation is 2. The van der Waals surface area contributed by atoms with Crippen molar-refractivity contribution in [1.82, 2.24) is 29.6 Å². The number of fused-ring (bicyclic) bond motifs is 2. The van der Waals surface area contributed by atoms with E-state index >= 15 is 0 Å². The Morgan fingerprint density at radius 2 is 1.83 bits per heavy atom. The van der Waals surface area contributed by atoms with Crippen LogP contribution < -0.4 is 5.32 Å². The van der Waals surface area contributed by atoms with Crippen molar-refractivity contribution in [2.45, 2.75) is 65.8 Å². The Balaban J connectivity index is 1.31. The molecule has 6 rings (SSSR count). The zero-order chi connectivity index (χ0) is 29.9. The van der Waals surface area contributed by atoms with Gasteiger partial charge < -0.3 is 10.2 Å². The van der Waals surface area contributed by atoms with Gasteiger partial charge in [0.25, 0.3) is 0 Å². The predicted octanol–water partition coefficient (Wildman–Crippen LogP) is 4.96. The second-order valence-electron chi connectivity index (χ2n) is 11.5. The Morgan fingerprint density at radius 1 is 1.10 bits per heavy atom. The van der Waals surface area contributed by atoms with E-state index < -0.39 is 12.7 Å². The van der Waals surface area contributed by atoms with Gasteiger partial charge in [-0.2, -0.15) is 5.10 Å². The number of nitrogens with one attached hydrogen (secondary N) is 1. The molecule has 0 radical (unpaired) electrons. The topological polar surface area (TPSA) is 123 Å². The Morgan fingerprint density at radius 3 is 2.52 bits per heavy atom. The van der Waals surface area contributed by atoms with Crippen LogP contribution in [0.5, 0.6) is 0 Å². The van der Waals surface area contributed by atoms with Gasteiger partial charge in [-0.05, 0) is 82.9 Å². The van der Waals surface area contributed by atoms with E-state index in [9.17, 15) is 18.8 Å². The maximum atomic E-state index is 13.9. The second kappa shape index (κ2) is 10.3. The highest BCUT2D eigenvalue weighted by Crippen LogP contribution is 2.59. The summed E-state index contributed by atoms with van der Waals surface area (Å²) in [6.45, 7) is 6.40. The van der Waals surface area contributed by atoms with E-state index in [0.717, 1.165) is 23.1 Å². The van der Waals surface area contributed by atoms with E-state index in [1.807, 2.05) is 32.0 Å². The summed E-state index contributed by atoms with van der Waals surface area (Å²) in [6, 6.07) is 6.70. The van der Waals surface area contributed by atoms with Crippen molar-refractivity contribution in [3.63, 3.8) is 0 Å². The number of benzene rings is 1. The van der Waals surface area contributed by atoms with E-state index in [4.69, 9.17) is 0 Å². The lowest BCUT2D eigenvalue weighted by Gasteiger charge is -2.27. The first kappa shape index (κ1) is 28.1. The fraction of sp³-hybridized carbons (Fsp3) is 0.367. The molecule has 1 aliphatic heterocycles. The van der Waals surface area contributed by atoms with Crippen LogP contribution in [0.2, 0.25) is 0 Å². The molecule has 3 aromatic heterocycles. The third-order valence-electron chi connectivity index (χ3n) is 8.34. The van der Waals surface area contributed by atoms with Crippen LogP contribution in [0.1, 0.15) is 54.1 Å². The largest absolute Gasteiger partial charge is 0.325 e. The minimum atomic E-state index is -0.756. The number of carbonyl (C=O) groups excluding carboxylic acids is 3. The van der Waals surface area contributed by atoms with Crippen molar-refractivity contribution >= 4 is 50.2 Å². The van der Waals surface area contributed by atoms with Gasteiger partial charge in [0.05, 0.1) is 5.52 Å². The van der Waals surface area contributed by atoms with Gasteiger partial charge in [-0.1, -0.05) is 13.0 Å². The molecule has 4 aromatic rings. The maximum Gasteiger partial charge on any atom is 0.248 e. The average molecular weight is 635 g/mol. The molecule has 10 nitrogen and oxygen atoms in total. The van der Waals surface area contributed by atoms with Crippen molar-refractivity contribution in [2.75, 3.05) is 5.32 Å². The van der Waals surface area contributed by atoms with Crippen LogP contribution in [0.25, 0.3) is 22.0 Å². The lowest BCUT2D eigenvalue weighted by Crippen LogP contribution is -2.47. The molecule has 0 bridgehead atoms. The number of nitrogens with zero attached hydrogens (tertiary/aromatic N) is 6. The Hall–Kier alpha value is -4.06. The van der Waals surface area contributed by atoms with Crippen molar-refractivity contribution in [3.05, 3.63) is 63.9 Å². The molecule has 2 amide bonds. The van der Waals surface area contributed by atoms with Gasteiger partial charge in [0.15, 0.2) is 11.6 Å². The lowest BCUT2D eigenvalue weighted by molar-refractivity contribution is -0.138. The van der Waals surface area contributed by atoms with Crippen LogP contribution in [-0.2, 0) is 22.8 Å². The molecule has 1 saturated carbocycles. The average Bonchev–Trinajstić information content (AvgIpc) is 3.30. The molecule has 1 aliphatic carbocycles. The highest BCUT2D eigenvalue weighted by Gasteiger charge is 2.64. The molecule has 42 heavy (non-hydrogen) atoms. The molecular formula is C30H29BrFN7O3. The first-order valence-electron chi connectivity index (χ1n) is 13.6. The quantitative estimate of drug-likeness (QED) is 0.225. The summed E-state index contributed by atoms with van der Waals surface area (Å²) in [5, 5.41) is 8.08. The first-order chi connectivity index (χ1) is 20.0. The fourth-order valence-electron chi connectivity index (χ4n) is 6.04. The number of amides is 2. The SMILES string of the molecule is CC(=O)c1nn(CC(=O)N2C(C(=O)Nc3nc(Br)ccc3C)C[C@@]3(C)C[C@@H]23)c2c(C)cc(-c3cnc(CF)nc3)cc12. The number of Topliss-reactive ketones (excluding diaryl/α,β-unsaturated/α-hetero) is 1. The van der Waals surface area contributed by atoms with Gasteiger partial charge in [0.2, 0.25) is 11.8 Å². The molecule has 216 valence electrons. The van der Waals surface area contributed by atoms with Gasteiger partial charge in [0.1, 0.15) is 35.4 Å². The molecule has 2 fully saturated rings. The van der Waals surface area contributed by atoms with Gasteiger partial charge in [-0.3, -0.25) is 19.1 Å². The highest BCUT2D eigenvalue weighted by molar-refractivity contribution is 9.10. The highest BCUT2D eigenvalue weighted by atomic mass is 79.9. The number of aromatic nitrogens is 5. The summed E-state index contributed by atoms with van der Waals surface area (Å²) in [7, 11) is 0. The molecule has 0 spiro atoms. The summed E-state index contributed by atoms with van der Waals surface area (Å²) in [6.07, 6.45) is 4.48. The number of piperidine rings is 1. The van der Waals surface area contributed by atoms with Crippen molar-refractivity contribution in [3.8, 4) is 11.1 Å². The van der Waals surface area contributed by atoms with E-state index in [-0.39, 0.29) is 47.1 Å². The lowest BCUT2D eigenvalue weighted by atomic mass is 10.0.